The summed E-state index contributed by atoms with van der Waals surface area (Å²) in [5.41, 5.74) is 1.18. The van der Waals surface area contributed by atoms with E-state index < -0.39 is 17.8 Å². The monoisotopic (exact) mass is 499 g/mol. The number of hydrogen-bond donors (Lipinski definition) is 1. The molecule has 1 aromatic heterocycles. The summed E-state index contributed by atoms with van der Waals surface area (Å²) >= 11 is 4.41. The average molecular weight is 500 g/mol. The molecule has 0 radical (unpaired) electrons. The second-order valence-corrected chi connectivity index (χ2v) is 8.05. The van der Waals surface area contributed by atoms with Crippen molar-refractivity contribution in [1.29, 1.82) is 5.26 Å². The molecule has 4 rings (SSSR count). The molecule has 1 atom stereocenters. The number of fused-ring (bicyclic) bond motifs is 1. The highest BCUT2D eigenvalue weighted by Crippen LogP contribution is 2.39. The molecule has 0 saturated carbocycles. The van der Waals surface area contributed by atoms with E-state index >= 15 is 0 Å². The number of rotatable bonds is 6. The number of imidazole rings is 1. The Hall–Kier alpha value is -3.84. The van der Waals surface area contributed by atoms with Gasteiger partial charge in [0.1, 0.15) is 24.3 Å². The standard InChI is InChI=1S/C25H20F3N3O3S/c1-14(17-6-4-5-7-18(17)25(26,27)28)34-23-9-16(8-15(12-29)24(23)35)31-13-30-19-10-21(32-2)22(33-3)11-20(19)31/h4-11,13-14,35H,1-3H3/t14-/m1/s1. The van der Waals surface area contributed by atoms with Gasteiger partial charge in [-0.25, -0.2) is 4.98 Å². The van der Waals surface area contributed by atoms with Crippen molar-refractivity contribution >= 4 is 23.7 Å². The fourth-order valence-electron chi connectivity index (χ4n) is 3.81. The number of ether oxygens (including phenoxy) is 3. The first-order chi connectivity index (χ1) is 16.7. The van der Waals surface area contributed by atoms with Crippen LogP contribution in [0.25, 0.3) is 16.7 Å². The molecule has 180 valence electrons. The lowest BCUT2D eigenvalue weighted by molar-refractivity contribution is -0.139. The molecule has 3 aromatic carbocycles. The van der Waals surface area contributed by atoms with Crippen LogP contribution in [0.3, 0.4) is 0 Å². The lowest BCUT2D eigenvalue weighted by Gasteiger charge is -2.21. The van der Waals surface area contributed by atoms with Crippen molar-refractivity contribution < 1.29 is 27.4 Å². The van der Waals surface area contributed by atoms with Crippen molar-refractivity contribution in [3.63, 3.8) is 0 Å². The topological polar surface area (TPSA) is 69.3 Å². The van der Waals surface area contributed by atoms with Crippen LogP contribution < -0.4 is 14.2 Å². The van der Waals surface area contributed by atoms with E-state index in [-0.39, 0.29) is 21.8 Å². The van der Waals surface area contributed by atoms with Gasteiger partial charge in [-0.2, -0.15) is 18.4 Å². The second kappa shape index (κ2) is 9.43. The number of halogens is 3. The maximum Gasteiger partial charge on any atom is 0.416 e. The summed E-state index contributed by atoms with van der Waals surface area (Å²) in [6.07, 6.45) is -3.94. The second-order valence-electron chi connectivity index (χ2n) is 7.61. The molecule has 6 nitrogen and oxygen atoms in total. The zero-order valence-electron chi connectivity index (χ0n) is 18.9. The predicted molar refractivity (Wildman–Crippen MR) is 127 cm³/mol. The Bertz CT molecular complexity index is 1440. The molecule has 0 N–H and O–H groups in total. The molecule has 0 bridgehead atoms. The molecule has 1 heterocycles. The van der Waals surface area contributed by atoms with Gasteiger partial charge in [-0.15, -0.1) is 12.6 Å². The number of alkyl halides is 3. The summed E-state index contributed by atoms with van der Waals surface area (Å²) in [5, 5.41) is 9.67. The number of thiol groups is 1. The first-order valence-electron chi connectivity index (χ1n) is 10.4. The summed E-state index contributed by atoms with van der Waals surface area (Å²) in [7, 11) is 3.03. The van der Waals surface area contributed by atoms with Gasteiger partial charge in [0.05, 0.1) is 47.0 Å². The van der Waals surface area contributed by atoms with Gasteiger partial charge in [0.25, 0.3) is 0 Å². The van der Waals surface area contributed by atoms with E-state index in [0.29, 0.717) is 28.2 Å². The van der Waals surface area contributed by atoms with Crippen molar-refractivity contribution in [2.75, 3.05) is 14.2 Å². The van der Waals surface area contributed by atoms with E-state index in [2.05, 4.69) is 23.7 Å². The van der Waals surface area contributed by atoms with E-state index in [1.54, 1.807) is 35.2 Å². The molecule has 0 saturated heterocycles. The van der Waals surface area contributed by atoms with E-state index in [0.717, 1.165) is 6.07 Å². The van der Waals surface area contributed by atoms with Gasteiger partial charge in [0, 0.05) is 23.8 Å². The average Bonchev–Trinajstić information content (AvgIpc) is 3.26. The summed E-state index contributed by atoms with van der Waals surface area (Å²) in [6, 6.07) is 13.9. The minimum atomic E-state index is -4.53. The summed E-state index contributed by atoms with van der Waals surface area (Å²) in [4.78, 5) is 4.61. The van der Waals surface area contributed by atoms with Crippen LogP contribution in [0.15, 0.2) is 59.8 Å². The molecule has 0 amide bonds. The van der Waals surface area contributed by atoms with Crippen molar-refractivity contribution in [3.05, 3.63) is 71.5 Å². The lowest BCUT2D eigenvalue weighted by Crippen LogP contribution is -2.14. The summed E-state index contributed by atoms with van der Waals surface area (Å²) in [5.74, 6) is 1.16. The lowest BCUT2D eigenvalue weighted by atomic mass is 10.0. The van der Waals surface area contributed by atoms with Crippen molar-refractivity contribution in [2.45, 2.75) is 24.1 Å². The Balaban J connectivity index is 1.80. The fraction of sp³-hybridized carbons (Fsp3) is 0.200. The Morgan fingerprint density at radius 1 is 1.03 bits per heavy atom. The summed E-state index contributed by atoms with van der Waals surface area (Å²) < 4.78 is 58.9. The third-order valence-electron chi connectivity index (χ3n) is 5.52. The molecular weight excluding hydrogens is 479 g/mol. The van der Waals surface area contributed by atoms with Crippen molar-refractivity contribution in [2.24, 2.45) is 0 Å². The number of aromatic nitrogens is 2. The van der Waals surface area contributed by atoms with Gasteiger partial charge >= 0.3 is 6.18 Å². The van der Waals surface area contributed by atoms with Crippen LogP contribution in [0.5, 0.6) is 17.2 Å². The maximum atomic E-state index is 13.5. The Labute approximate surface area is 204 Å². The van der Waals surface area contributed by atoms with E-state index in [1.807, 2.05) is 0 Å². The molecule has 0 unspecified atom stereocenters. The smallest absolute Gasteiger partial charge is 0.416 e. The minimum absolute atomic E-state index is 0.0263. The van der Waals surface area contributed by atoms with E-state index in [1.165, 1.54) is 39.3 Å². The number of nitriles is 1. The molecule has 0 aliphatic heterocycles. The molecular formula is C25H20F3N3O3S. The van der Waals surface area contributed by atoms with Crippen LogP contribution in [0.4, 0.5) is 13.2 Å². The van der Waals surface area contributed by atoms with Crippen LogP contribution in [-0.2, 0) is 6.18 Å². The molecule has 4 aromatic rings. The van der Waals surface area contributed by atoms with Crippen molar-refractivity contribution in [1.82, 2.24) is 9.55 Å². The zero-order chi connectivity index (χ0) is 25.3. The van der Waals surface area contributed by atoms with Gasteiger partial charge in [-0.1, -0.05) is 18.2 Å². The molecule has 35 heavy (non-hydrogen) atoms. The minimum Gasteiger partial charge on any atom is -0.493 e. The quantitative estimate of drug-likeness (QED) is 0.313. The third kappa shape index (κ3) is 4.59. The highest BCUT2D eigenvalue weighted by atomic mass is 32.1. The Morgan fingerprint density at radius 2 is 1.71 bits per heavy atom. The predicted octanol–water partition coefficient (Wildman–Crippen LogP) is 6.36. The summed E-state index contributed by atoms with van der Waals surface area (Å²) in [6.45, 7) is 1.51. The number of hydrogen-bond acceptors (Lipinski definition) is 6. The fourth-order valence-corrected chi connectivity index (χ4v) is 4.04. The van der Waals surface area contributed by atoms with Crippen LogP contribution in [0.1, 0.15) is 29.7 Å². The van der Waals surface area contributed by atoms with Gasteiger partial charge in [0.2, 0.25) is 0 Å². The Kier molecular flexibility index (Phi) is 6.54. The first-order valence-corrected chi connectivity index (χ1v) is 10.8. The highest BCUT2D eigenvalue weighted by Gasteiger charge is 2.34. The molecule has 0 spiro atoms. The van der Waals surface area contributed by atoms with E-state index in [9.17, 15) is 18.4 Å². The molecule has 0 fully saturated rings. The normalized spacial score (nSPS) is 12.3. The van der Waals surface area contributed by atoms with Crippen LogP contribution in [-0.4, -0.2) is 23.8 Å². The number of benzene rings is 3. The van der Waals surface area contributed by atoms with Crippen molar-refractivity contribution in [3.8, 4) is 29.0 Å². The SMILES string of the molecule is COc1cc2ncn(-c3cc(C#N)c(S)c(O[C@H](C)c4ccccc4C(F)(F)F)c3)c2cc1OC. The van der Waals surface area contributed by atoms with Gasteiger partial charge < -0.3 is 14.2 Å². The van der Waals surface area contributed by atoms with Crippen LogP contribution in [0.2, 0.25) is 0 Å². The van der Waals surface area contributed by atoms with Gasteiger partial charge in [0.15, 0.2) is 11.5 Å². The van der Waals surface area contributed by atoms with Gasteiger partial charge in [-0.05, 0) is 19.1 Å². The molecule has 0 aliphatic carbocycles. The first kappa shape index (κ1) is 24.3. The van der Waals surface area contributed by atoms with E-state index in [4.69, 9.17) is 14.2 Å². The highest BCUT2D eigenvalue weighted by molar-refractivity contribution is 7.80. The van der Waals surface area contributed by atoms with Crippen LogP contribution >= 0.6 is 12.6 Å². The molecule has 0 aliphatic rings. The largest absolute Gasteiger partial charge is 0.493 e. The third-order valence-corrected chi connectivity index (χ3v) is 5.98. The van der Waals surface area contributed by atoms with Gasteiger partial charge in [-0.3, -0.25) is 4.57 Å². The molecule has 10 heteroatoms. The number of methoxy groups -OCH3 is 2. The Morgan fingerprint density at radius 3 is 2.37 bits per heavy atom. The zero-order valence-corrected chi connectivity index (χ0v) is 19.8. The maximum absolute atomic E-state index is 13.5. The number of nitrogens with zero attached hydrogens (tertiary/aromatic N) is 3. The van der Waals surface area contributed by atoms with Crippen LogP contribution in [0, 0.1) is 11.3 Å².